The van der Waals surface area contributed by atoms with Crippen LogP contribution < -0.4 is 0 Å². The molecule has 2 aromatic heterocycles. The zero-order valence-electron chi connectivity index (χ0n) is 11.5. The summed E-state index contributed by atoms with van der Waals surface area (Å²) in [6.07, 6.45) is -9.67. The van der Waals surface area contributed by atoms with Crippen molar-refractivity contribution >= 4 is 17.6 Å². The molecular formula is C12H6ClF6N3O2. The van der Waals surface area contributed by atoms with Gasteiger partial charge in [0.15, 0.2) is 11.5 Å². The Morgan fingerprint density at radius 3 is 2.21 bits per heavy atom. The number of carboxylic acid groups (broad SMARTS) is 1. The Morgan fingerprint density at radius 1 is 1.21 bits per heavy atom. The van der Waals surface area contributed by atoms with Crippen molar-refractivity contribution in [1.29, 1.82) is 0 Å². The maximum absolute atomic E-state index is 13.2. The van der Waals surface area contributed by atoms with E-state index >= 15 is 0 Å². The molecule has 1 N–H and O–H groups in total. The van der Waals surface area contributed by atoms with E-state index in [0.717, 1.165) is 6.92 Å². The number of aryl methyl sites for hydroxylation is 1. The highest BCUT2D eigenvalue weighted by molar-refractivity contribution is 6.32. The van der Waals surface area contributed by atoms with Gasteiger partial charge in [0.25, 0.3) is 0 Å². The van der Waals surface area contributed by atoms with Gasteiger partial charge in [-0.2, -0.15) is 31.4 Å². The first-order chi connectivity index (χ1) is 10.8. The molecule has 0 bridgehead atoms. The van der Waals surface area contributed by atoms with Gasteiger partial charge in [-0.05, 0) is 13.0 Å². The SMILES string of the molecule is Cc1nn(-c2ncc(C(F)(F)F)cc2Cl)c(C(F)(F)F)c1C(=O)O. The van der Waals surface area contributed by atoms with Crippen molar-refractivity contribution in [1.82, 2.24) is 14.8 Å². The Morgan fingerprint density at radius 2 is 1.79 bits per heavy atom. The van der Waals surface area contributed by atoms with Gasteiger partial charge < -0.3 is 5.11 Å². The van der Waals surface area contributed by atoms with E-state index in [9.17, 15) is 31.1 Å². The minimum atomic E-state index is -5.15. The van der Waals surface area contributed by atoms with Gasteiger partial charge in [0, 0.05) is 6.20 Å². The molecule has 12 heteroatoms. The predicted octanol–water partition coefficient (Wildman–Crippen LogP) is 3.96. The maximum Gasteiger partial charge on any atom is 0.434 e. The van der Waals surface area contributed by atoms with Gasteiger partial charge in [-0.1, -0.05) is 11.6 Å². The van der Waals surface area contributed by atoms with E-state index < -0.39 is 51.7 Å². The Balaban J connectivity index is 2.75. The Labute approximate surface area is 134 Å². The second-order valence-electron chi connectivity index (χ2n) is 4.55. The zero-order chi connectivity index (χ0) is 18.4. The average molecular weight is 374 g/mol. The highest BCUT2D eigenvalue weighted by Gasteiger charge is 2.43. The van der Waals surface area contributed by atoms with Crippen molar-refractivity contribution in [2.75, 3.05) is 0 Å². The lowest BCUT2D eigenvalue weighted by Gasteiger charge is -2.13. The van der Waals surface area contributed by atoms with Crippen LogP contribution in [0.3, 0.4) is 0 Å². The zero-order valence-corrected chi connectivity index (χ0v) is 12.3. The molecule has 0 saturated carbocycles. The molecule has 0 aliphatic heterocycles. The molecule has 2 aromatic rings. The molecule has 0 aromatic carbocycles. The molecular weight excluding hydrogens is 368 g/mol. The largest absolute Gasteiger partial charge is 0.478 e. The van der Waals surface area contributed by atoms with Crippen LogP contribution in [-0.4, -0.2) is 25.8 Å². The fraction of sp³-hybridized carbons (Fsp3) is 0.250. The van der Waals surface area contributed by atoms with Crippen LogP contribution in [0.15, 0.2) is 12.3 Å². The van der Waals surface area contributed by atoms with Gasteiger partial charge in [0.1, 0.15) is 5.56 Å². The van der Waals surface area contributed by atoms with E-state index in [-0.39, 0.29) is 10.9 Å². The van der Waals surface area contributed by atoms with Crippen LogP contribution in [0.5, 0.6) is 0 Å². The summed E-state index contributed by atoms with van der Waals surface area (Å²) in [5, 5.41) is 11.6. The number of aromatic carboxylic acids is 1. The topological polar surface area (TPSA) is 68.0 Å². The summed E-state index contributed by atoms with van der Waals surface area (Å²) in [6.45, 7) is 1.01. The van der Waals surface area contributed by atoms with Gasteiger partial charge in [0.2, 0.25) is 0 Å². The Bertz CT molecular complexity index is 812. The summed E-state index contributed by atoms with van der Waals surface area (Å²) < 4.78 is 77.3. The third kappa shape index (κ3) is 3.16. The number of carbonyl (C=O) groups is 1. The molecule has 130 valence electrons. The number of carboxylic acids is 1. The van der Waals surface area contributed by atoms with Crippen LogP contribution >= 0.6 is 11.6 Å². The van der Waals surface area contributed by atoms with Crippen molar-refractivity contribution < 1.29 is 36.2 Å². The monoisotopic (exact) mass is 373 g/mol. The number of nitrogens with zero attached hydrogens (tertiary/aromatic N) is 3. The molecule has 0 amide bonds. The second kappa shape index (κ2) is 5.65. The highest BCUT2D eigenvalue weighted by Crippen LogP contribution is 2.37. The Hall–Kier alpha value is -2.30. The van der Waals surface area contributed by atoms with Crippen LogP contribution in [0.1, 0.15) is 27.3 Å². The third-order valence-corrected chi connectivity index (χ3v) is 3.17. The van der Waals surface area contributed by atoms with Crippen molar-refractivity contribution in [3.63, 3.8) is 0 Å². The standard InChI is InChI=1S/C12H6ClF6N3O2/c1-4-7(10(23)24)8(12(17,18)19)22(21-4)9-6(13)2-5(3-20-9)11(14,15)16/h2-3H,1H3,(H,23,24). The van der Waals surface area contributed by atoms with E-state index in [1.165, 1.54) is 0 Å². The number of hydrogen-bond donors (Lipinski definition) is 1. The highest BCUT2D eigenvalue weighted by atomic mass is 35.5. The first-order valence-corrected chi connectivity index (χ1v) is 6.35. The van der Waals surface area contributed by atoms with E-state index in [1.807, 2.05) is 0 Å². The Kier molecular flexibility index (Phi) is 4.25. The summed E-state index contributed by atoms with van der Waals surface area (Å²) in [7, 11) is 0. The molecule has 2 heterocycles. The molecule has 0 spiro atoms. The molecule has 0 aliphatic rings. The van der Waals surface area contributed by atoms with Crippen molar-refractivity contribution in [2.24, 2.45) is 0 Å². The van der Waals surface area contributed by atoms with Crippen LogP contribution in [-0.2, 0) is 12.4 Å². The molecule has 24 heavy (non-hydrogen) atoms. The number of halogens is 7. The van der Waals surface area contributed by atoms with Crippen LogP contribution in [0, 0.1) is 6.92 Å². The van der Waals surface area contributed by atoms with E-state index in [4.69, 9.17) is 16.7 Å². The number of alkyl halides is 6. The molecule has 2 rings (SSSR count). The van der Waals surface area contributed by atoms with E-state index in [1.54, 1.807) is 0 Å². The normalized spacial score (nSPS) is 12.5. The lowest BCUT2D eigenvalue weighted by Crippen LogP contribution is -2.18. The molecule has 0 saturated heterocycles. The average Bonchev–Trinajstić information content (AvgIpc) is 2.74. The number of rotatable bonds is 2. The van der Waals surface area contributed by atoms with Crippen LogP contribution in [0.4, 0.5) is 26.3 Å². The van der Waals surface area contributed by atoms with E-state index in [2.05, 4.69) is 10.1 Å². The molecule has 0 fully saturated rings. The lowest BCUT2D eigenvalue weighted by atomic mass is 10.2. The third-order valence-electron chi connectivity index (χ3n) is 2.89. The van der Waals surface area contributed by atoms with Gasteiger partial charge in [-0.15, -0.1) is 0 Å². The number of pyridine rings is 1. The predicted molar refractivity (Wildman–Crippen MR) is 68.1 cm³/mol. The minimum Gasteiger partial charge on any atom is -0.478 e. The van der Waals surface area contributed by atoms with Gasteiger partial charge in [0.05, 0.1) is 16.3 Å². The molecule has 5 nitrogen and oxygen atoms in total. The maximum atomic E-state index is 13.2. The summed E-state index contributed by atoms with van der Waals surface area (Å²) in [6, 6.07) is 0.376. The summed E-state index contributed by atoms with van der Waals surface area (Å²) in [5.41, 5.74) is -4.60. The second-order valence-corrected chi connectivity index (χ2v) is 4.96. The van der Waals surface area contributed by atoms with Crippen molar-refractivity contribution in [3.8, 4) is 5.82 Å². The van der Waals surface area contributed by atoms with Crippen molar-refractivity contribution in [3.05, 3.63) is 39.8 Å². The smallest absolute Gasteiger partial charge is 0.434 e. The summed E-state index contributed by atoms with van der Waals surface area (Å²) in [5.74, 6) is -2.67. The first kappa shape index (κ1) is 18.0. The van der Waals surface area contributed by atoms with Gasteiger partial charge in [-0.3, -0.25) is 0 Å². The van der Waals surface area contributed by atoms with Gasteiger partial charge in [-0.25, -0.2) is 14.5 Å². The molecule has 0 atom stereocenters. The summed E-state index contributed by atoms with van der Waals surface area (Å²) >= 11 is 5.60. The number of aromatic nitrogens is 3. The fourth-order valence-electron chi connectivity index (χ4n) is 1.94. The lowest BCUT2D eigenvalue weighted by molar-refractivity contribution is -0.143. The van der Waals surface area contributed by atoms with Crippen LogP contribution in [0.25, 0.3) is 5.82 Å². The molecule has 0 radical (unpaired) electrons. The molecule has 0 aliphatic carbocycles. The van der Waals surface area contributed by atoms with Crippen LogP contribution in [0.2, 0.25) is 5.02 Å². The van der Waals surface area contributed by atoms with Crippen molar-refractivity contribution in [2.45, 2.75) is 19.3 Å². The fourth-order valence-corrected chi connectivity index (χ4v) is 2.19. The number of hydrogen-bond acceptors (Lipinski definition) is 3. The summed E-state index contributed by atoms with van der Waals surface area (Å²) in [4.78, 5) is 14.3. The minimum absolute atomic E-state index is 0.0707. The quantitative estimate of drug-likeness (QED) is 0.809. The van der Waals surface area contributed by atoms with Gasteiger partial charge >= 0.3 is 18.3 Å². The molecule has 0 unspecified atom stereocenters. The van der Waals surface area contributed by atoms with E-state index in [0.29, 0.717) is 6.07 Å². The first-order valence-electron chi connectivity index (χ1n) is 5.97.